The monoisotopic (exact) mass is 231 g/mol. The first-order chi connectivity index (χ1) is 8.35. The lowest BCUT2D eigenvalue weighted by Gasteiger charge is -2.06. The molecule has 0 saturated carbocycles. The number of nitrogens with one attached hydrogen (secondary N) is 1. The topological polar surface area (TPSA) is 55.6 Å². The molecule has 0 fully saturated rings. The average Bonchev–Trinajstić information content (AvgIpc) is 2.85. The molecule has 0 aromatic carbocycles. The minimum absolute atomic E-state index is 0.850. The Labute approximate surface area is 101 Å². The van der Waals surface area contributed by atoms with Gasteiger partial charge in [0.2, 0.25) is 0 Å². The Bertz CT molecular complexity index is 477. The van der Waals surface area contributed by atoms with Crippen LogP contribution in [0.2, 0.25) is 0 Å². The van der Waals surface area contributed by atoms with Crippen LogP contribution < -0.4 is 5.32 Å². The highest BCUT2D eigenvalue weighted by molar-refractivity contribution is 5.55. The lowest BCUT2D eigenvalue weighted by atomic mass is 10.3. The molecule has 0 aliphatic heterocycles. The third kappa shape index (κ3) is 2.61. The standard InChI is InChI=1S/C12H17N5/c1-3-5-13-11-8-10(15-9-16-11)12-14-6-7-17(12)4-2/h6-9H,3-5H2,1-2H3,(H,13,15,16). The van der Waals surface area contributed by atoms with Crippen LogP contribution in [0, 0.1) is 0 Å². The molecular weight excluding hydrogens is 214 g/mol. The summed E-state index contributed by atoms with van der Waals surface area (Å²) in [5.74, 6) is 1.73. The van der Waals surface area contributed by atoms with Gasteiger partial charge in [0, 0.05) is 31.5 Å². The second-order valence-corrected chi connectivity index (χ2v) is 3.75. The van der Waals surface area contributed by atoms with E-state index in [1.807, 2.05) is 12.3 Å². The minimum atomic E-state index is 0.850. The van der Waals surface area contributed by atoms with Crippen LogP contribution >= 0.6 is 0 Å². The Hall–Kier alpha value is -1.91. The van der Waals surface area contributed by atoms with Gasteiger partial charge < -0.3 is 9.88 Å². The highest BCUT2D eigenvalue weighted by Crippen LogP contribution is 2.16. The van der Waals surface area contributed by atoms with E-state index in [2.05, 4.69) is 38.7 Å². The zero-order chi connectivity index (χ0) is 12.1. The smallest absolute Gasteiger partial charge is 0.158 e. The molecule has 0 aliphatic carbocycles. The van der Waals surface area contributed by atoms with Crippen LogP contribution in [0.5, 0.6) is 0 Å². The van der Waals surface area contributed by atoms with Gasteiger partial charge in [-0.1, -0.05) is 6.92 Å². The van der Waals surface area contributed by atoms with Crippen LogP contribution in [0.1, 0.15) is 20.3 Å². The Kier molecular flexibility index (Phi) is 3.69. The highest BCUT2D eigenvalue weighted by Gasteiger charge is 2.07. The van der Waals surface area contributed by atoms with E-state index in [1.54, 1.807) is 12.5 Å². The molecule has 2 aromatic rings. The molecule has 5 nitrogen and oxygen atoms in total. The molecule has 2 aromatic heterocycles. The number of aromatic nitrogens is 4. The number of anilines is 1. The Morgan fingerprint density at radius 3 is 2.88 bits per heavy atom. The Morgan fingerprint density at radius 2 is 2.12 bits per heavy atom. The van der Waals surface area contributed by atoms with Crippen molar-refractivity contribution in [2.45, 2.75) is 26.8 Å². The summed E-state index contributed by atoms with van der Waals surface area (Å²) in [5, 5.41) is 3.25. The lowest BCUT2D eigenvalue weighted by Crippen LogP contribution is -2.04. The lowest BCUT2D eigenvalue weighted by molar-refractivity contribution is 0.767. The quantitative estimate of drug-likeness (QED) is 0.857. The van der Waals surface area contributed by atoms with Crippen molar-refractivity contribution in [3.63, 3.8) is 0 Å². The van der Waals surface area contributed by atoms with Crippen molar-refractivity contribution in [3.8, 4) is 11.5 Å². The number of rotatable bonds is 5. The van der Waals surface area contributed by atoms with Gasteiger partial charge in [0.15, 0.2) is 5.82 Å². The van der Waals surface area contributed by atoms with Crippen LogP contribution in [0.4, 0.5) is 5.82 Å². The van der Waals surface area contributed by atoms with Gasteiger partial charge in [-0.2, -0.15) is 0 Å². The summed E-state index contributed by atoms with van der Waals surface area (Å²) in [4.78, 5) is 12.8. The first-order valence-corrected chi connectivity index (χ1v) is 5.92. The van der Waals surface area contributed by atoms with E-state index in [0.29, 0.717) is 0 Å². The summed E-state index contributed by atoms with van der Waals surface area (Å²) in [6.45, 7) is 6.01. The second kappa shape index (κ2) is 5.43. The second-order valence-electron chi connectivity index (χ2n) is 3.75. The van der Waals surface area contributed by atoms with E-state index in [1.165, 1.54) is 0 Å². The molecule has 0 bridgehead atoms. The van der Waals surface area contributed by atoms with Gasteiger partial charge in [0.25, 0.3) is 0 Å². The van der Waals surface area contributed by atoms with Gasteiger partial charge in [-0.3, -0.25) is 0 Å². The van der Waals surface area contributed by atoms with Crippen molar-refractivity contribution in [3.05, 3.63) is 24.8 Å². The molecule has 2 heterocycles. The van der Waals surface area contributed by atoms with Gasteiger partial charge >= 0.3 is 0 Å². The van der Waals surface area contributed by atoms with Crippen molar-refractivity contribution in [1.29, 1.82) is 0 Å². The largest absolute Gasteiger partial charge is 0.370 e. The summed E-state index contributed by atoms with van der Waals surface area (Å²) in [6, 6.07) is 1.93. The summed E-state index contributed by atoms with van der Waals surface area (Å²) >= 11 is 0. The van der Waals surface area contributed by atoms with E-state index < -0.39 is 0 Å². The first kappa shape index (κ1) is 11.6. The molecule has 0 spiro atoms. The first-order valence-electron chi connectivity index (χ1n) is 5.92. The maximum absolute atomic E-state index is 4.32. The molecule has 5 heteroatoms. The molecule has 90 valence electrons. The summed E-state index contributed by atoms with van der Waals surface area (Å²) in [6.07, 6.45) is 6.39. The number of hydrogen-bond acceptors (Lipinski definition) is 4. The van der Waals surface area contributed by atoms with E-state index in [-0.39, 0.29) is 0 Å². The molecule has 0 atom stereocenters. The fourth-order valence-electron chi connectivity index (χ4n) is 1.63. The molecule has 0 aliphatic rings. The Morgan fingerprint density at radius 1 is 1.24 bits per heavy atom. The van der Waals surface area contributed by atoms with Gasteiger partial charge in [0.05, 0.1) is 0 Å². The van der Waals surface area contributed by atoms with Crippen molar-refractivity contribution in [2.24, 2.45) is 0 Å². The molecular formula is C12H17N5. The van der Waals surface area contributed by atoms with Crippen molar-refractivity contribution < 1.29 is 0 Å². The van der Waals surface area contributed by atoms with E-state index in [4.69, 9.17) is 0 Å². The zero-order valence-corrected chi connectivity index (χ0v) is 10.2. The SMILES string of the molecule is CCCNc1cc(-c2nccn2CC)ncn1. The van der Waals surface area contributed by atoms with E-state index >= 15 is 0 Å². The molecule has 0 unspecified atom stereocenters. The fourth-order valence-corrected chi connectivity index (χ4v) is 1.63. The number of hydrogen-bond donors (Lipinski definition) is 1. The summed E-state index contributed by atoms with van der Waals surface area (Å²) in [7, 11) is 0. The Balaban J connectivity index is 2.26. The predicted octanol–water partition coefficient (Wildman–Crippen LogP) is 2.18. The molecule has 0 amide bonds. The van der Waals surface area contributed by atoms with Gasteiger partial charge in [-0.25, -0.2) is 15.0 Å². The normalized spacial score (nSPS) is 10.5. The highest BCUT2D eigenvalue weighted by atomic mass is 15.1. The van der Waals surface area contributed by atoms with Crippen LogP contribution in [-0.2, 0) is 6.54 Å². The molecule has 17 heavy (non-hydrogen) atoms. The summed E-state index contributed by atoms with van der Waals surface area (Å²) < 4.78 is 2.06. The van der Waals surface area contributed by atoms with E-state index in [9.17, 15) is 0 Å². The fraction of sp³-hybridized carbons (Fsp3) is 0.417. The molecule has 1 N–H and O–H groups in total. The maximum Gasteiger partial charge on any atom is 0.158 e. The van der Waals surface area contributed by atoms with E-state index in [0.717, 1.165) is 36.8 Å². The summed E-state index contributed by atoms with van der Waals surface area (Å²) in [5.41, 5.74) is 0.852. The third-order valence-electron chi connectivity index (χ3n) is 2.51. The third-order valence-corrected chi connectivity index (χ3v) is 2.51. The molecule has 0 saturated heterocycles. The minimum Gasteiger partial charge on any atom is -0.370 e. The van der Waals surface area contributed by atoms with Gasteiger partial charge in [-0.05, 0) is 13.3 Å². The molecule has 2 rings (SSSR count). The van der Waals surface area contributed by atoms with Crippen molar-refractivity contribution in [2.75, 3.05) is 11.9 Å². The number of aryl methyl sites for hydroxylation is 1. The molecule has 0 radical (unpaired) electrons. The van der Waals surface area contributed by atoms with Gasteiger partial charge in [-0.15, -0.1) is 0 Å². The van der Waals surface area contributed by atoms with Crippen molar-refractivity contribution in [1.82, 2.24) is 19.5 Å². The van der Waals surface area contributed by atoms with Crippen LogP contribution in [0.3, 0.4) is 0 Å². The average molecular weight is 231 g/mol. The van der Waals surface area contributed by atoms with Crippen LogP contribution in [0.15, 0.2) is 24.8 Å². The number of imidazole rings is 1. The van der Waals surface area contributed by atoms with Crippen molar-refractivity contribution >= 4 is 5.82 Å². The maximum atomic E-state index is 4.32. The van der Waals surface area contributed by atoms with Crippen LogP contribution in [0.25, 0.3) is 11.5 Å². The predicted molar refractivity (Wildman–Crippen MR) is 67.7 cm³/mol. The van der Waals surface area contributed by atoms with Crippen LogP contribution in [-0.4, -0.2) is 26.1 Å². The number of nitrogens with zero attached hydrogens (tertiary/aromatic N) is 4. The zero-order valence-electron chi connectivity index (χ0n) is 10.2. The van der Waals surface area contributed by atoms with Gasteiger partial charge in [0.1, 0.15) is 17.8 Å².